The molecule has 1 aliphatic rings. The number of ether oxygens (including phenoxy) is 2. The molecule has 0 radical (unpaired) electrons. The normalized spacial score (nSPS) is 17.1. The quantitative estimate of drug-likeness (QED) is 0.344. The fraction of sp³-hybridized carbons (Fsp3) is 0.367. The standard InChI is InChI=1S/C28H31F2NO2.C2H4O/c1-31-16-15-20-9-10-26(18-27(20)21-6-4-7-23(29)17-21)33-25-13-11-24(12-14-25)32-19-22-5-2-3-8-28(22)30;1-2-3/h2-10,17-18,24-25,31H,11-16,19H2,1H3;2H,1H3. The van der Waals surface area contributed by atoms with Crippen LogP contribution in [-0.2, 0) is 22.6 Å². The van der Waals surface area contributed by atoms with Gasteiger partial charge >= 0.3 is 0 Å². The second-order valence-corrected chi connectivity index (χ2v) is 8.84. The fourth-order valence-corrected chi connectivity index (χ4v) is 4.36. The third-order valence-corrected chi connectivity index (χ3v) is 6.22. The molecule has 0 aliphatic heterocycles. The minimum atomic E-state index is -0.243. The topological polar surface area (TPSA) is 47.6 Å². The van der Waals surface area contributed by atoms with Crippen molar-refractivity contribution < 1.29 is 23.0 Å². The zero-order chi connectivity index (χ0) is 25.8. The summed E-state index contributed by atoms with van der Waals surface area (Å²) in [7, 11) is 1.93. The molecule has 1 aliphatic carbocycles. The first-order chi connectivity index (χ1) is 17.5. The summed E-state index contributed by atoms with van der Waals surface area (Å²) in [6.07, 6.45) is 5.38. The molecule has 1 fully saturated rings. The lowest BCUT2D eigenvalue weighted by atomic mass is 9.94. The monoisotopic (exact) mass is 495 g/mol. The maximum atomic E-state index is 13.9. The third-order valence-electron chi connectivity index (χ3n) is 6.22. The van der Waals surface area contributed by atoms with Gasteiger partial charge in [-0.15, -0.1) is 0 Å². The summed E-state index contributed by atoms with van der Waals surface area (Å²) >= 11 is 0. The van der Waals surface area contributed by atoms with Gasteiger partial charge in [0.15, 0.2) is 0 Å². The minimum absolute atomic E-state index is 0.113. The van der Waals surface area contributed by atoms with E-state index in [0.29, 0.717) is 12.2 Å². The first-order valence-electron chi connectivity index (χ1n) is 12.5. The van der Waals surface area contributed by atoms with E-state index in [9.17, 15) is 8.78 Å². The minimum Gasteiger partial charge on any atom is -0.490 e. The Balaban J connectivity index is 0.00000115. The van der Waals surface area contributed by atoms with Crippen molar-refractivity contribution in [2.45, 2.75) is 57.8 Å². The molecule has 0 spiro atoms. The smallest absolute Gasteiger partial charge is 0.128 e. The number of carbonyl (C=O) groups excluding carboxylic acids is 1. The van der Waals surface area contributed by atoms with Crippen LogP contribution in [0.5, 0.6) is 5.75 Å². The third kappa shape index (κ3) is 8.25. The van der Waals surface area contributed by atoms with Crippen LogP contribution in [0.2, 0.25) is 0 Å². The molecule has 3 aromatic carbocycles. The molecule has 192 valence electrons. The highest BCUT2D eigenvalue weighted by molar-refractivity contribution is 5.69. The van der Waals surface area contributed by atoms with E-state index in [1.807, 2.05) is 31.3 Å². The molecule has 0 heterocycles. The first kappa shape index (κ1) is 27.5. The van der Waals surface area contributed by atoms with Crippen molar-refractivity contribution in [3.05, 3.63) is 89.5 Å². The summed E-state index contributed by atoms with van der Waals surface area (Å²) in [5.41, 5.74) is 3.62. The number of hydrogen-bond donors (Lipinski definition) is 1. The van der Waals surface area contributed by atoms with Gasteiger partial charge in [0.2, 0.25) is 0 Å². The van der Waals surface area contributed by atoms with E-state index in [1.54, 1.807) is 24.3 Å². The summed E-state index contributed by atoms with van der Waals surface area (Å²) in [5, 5.41) is 3.18. The zero-order valence-corrected chi connectivity index (χ0v) is 21.0. The lowest BCUT2D eigenvalue weighted by Gasteiger charge is -2.29. The largest absolute Gasteiger partial charge is 0.490 e. The van der Waals surface area contributed by atoms with Gasteiger partial charge < -0.3 is 19.6 Å². The lowest BCUT2D eigenvalue weighted by molar-refractivity contribution is -0.106. The van der Waals surface area contributed by atoms with Gasteiger partial charge in [-0.05, 0) is 99.6 Å². The van der Waals surface area contributed by atoms with E-state index in [-0.39, 0.29) is 23.8 Å². The highest BCUT2D eigenvalue weighted by Gasteiger charge is 2.23. The lowest BCUT2D eigenvalue weighted by Crippen LogP contribution is -2.28. The average molecular weight is 496 g/mol. The van der Waals surface area contributed by atoms with Gasteiger partial charge in [0, 0.05) is 5.56 Å². The van der Waals surface area contributed by atoms with Crippen molar-refractivity contribution in [1.82, 2.24) is 5.32 Å². The Morgan fingerprint density at radius 3 is 2.33 bits per heavy atom. The Labute approximate surface area is 212 Å². The molecule has 0 aromatic heterocycles. The van der Waals surface area contributed by atoms with Crippen LogP contribution >= 0.6 is 0 Å². The number of carbonyl (C=O) groups is 1. The molecule has 4 nitrogen and oxygen atoms in total. The second kappa shape index (κ2) is 14.5. The van der Waals surface area contributed by atoms with E-state index in [0.717, 1.165) is 67.4 Å². The summed E-state index contributed by atoms with van der Waals surface area (Å²) in [6, 6.07) is 19.6. The predicted molar refractivity (Wildman–Crippen MR) is 139 cm³/mol. The summed E-state index contributed by atoms with van der Waals surface area (Å²) < 4.78 is 39.9. The van der Waals surface area contributed by atoms with Crippen molar-refractivity contribution in [1.29, 1.82) is 0 Å². The van der Waals surface area contributed by atoms with Crippen LogP contribution < -0.4 is 10.1 Å². The molecular formula is C30H35F2NO3. The number of likely N-dealkylation sites (N-methyl/N-ethyl adjacent to an activating group) is 1. The number of nitrogens with one attached hydrogen (secondary N) is 1. The van der Waals surface area contributed by atoms with Crippen molar-refractivity contribution in [2.75, 3.05) is 13.6 Å². The van der Waals surface area contributed by atoms with Crippen molar-refractivity contribution >= 4 is 6.29 Å². The number of aldehydes is 1. The van der Waals surface area contributed by atoms with E-state index in [4.69, 9.17) is 14.3 Å². The fourth-order valence-electron chi connectivity index (χ4n) is 4.36. The second-order valence-electron chi connectivity index (χ2n) is 8.84. The molecule has 4 rings (SSSR count). The average Bonchev–Trinajstić information content (AvgIpc) is 2.89. The summed E-state index contributed by atoms with van der Waals surface area (Å²) in [6.45, 7) is 2.59. The van der Waals surface area contributed by atoms with Gasteiger partial charge in [0.25, 0.3) is 0 Å². The van der Waals surface area contributed by atoms with Crippen LogP contribution in [0.15, 0.2) is 66.7 Å². The number of benzene rings is 3. The van der Waals surface area contributed by atoms with Gasteiger partial charge in [-0.25, -0.2) is 8.78 Å². The molecule has 3 aromatic rings. The number of halogens is 2. The van der Waals surface area contributed by atoms with Gasteiger partial charge in [-0.1, -0.05) is 36.4 Å². The molecule has 0 bridgehead atoms. The molecule has 0 saturated heterocycles. The van der Waals surface area contributed by atoms with Crippen LogP contribution in [0.1, 0.15) is 43.7 Å². The van der Waals surface area contributed by atoms with Crippen molar-refractivity contribution in [3.8, 4) is 16.9 Å². The van der Waals surface area contributed by atoms with Gasteiger partial charge in [-0.2, -0.15) is 0 Å². The Morgan fingerprint density at radius 1 is 0.917 bits per heavy atom. The van der Waals surface area contributed by atoms with Crippen LogP contribution in [0.25, 0.3) is 11.1 Å². The van der Waals surface area contributed by atoms with E-state index >= 15 is 0 Å². The van der Waals surface area contributed by atoms with Gasteiger partial charge in [0.05, 0.1) is 18.8 Å². The van der Waals surface area contributed by atoms with Gasteiger partial charge in [-0.3, -0.25) is 0 Å². The summed E-state index contributed by atoms with van der Waals surface area (Å²) in [4.78, 5) is 8.81. The number of rotatable bonds is 9. The molecule has 0 unspecified atom stereocenters. The Bertz CT molecular complexity index is 1100. The number of hydrogen-bond acceptors (Lipinski definition) is 4. The Hall–Kier alpha value is -3.09. The Morgan fingerprint density at radius 2 is 1.64 bits per heavy atom. The first-order valence-corrected chi connectivity index (χ1v) is 12.5. The van der Waals surface area contributed by atoms with Gasteiger partial charge in [0.1, 0.15) is 23.7 Å². The predicted octanol–water partition coefficient (Wildman–Crippen LogP) is 6.51. The maximum absolute atomic E-state index is 13.9. The van der Waals surface area contributed by atoms with Crippen LogP contribution in [0, 0.1) is 11.6 Å². The molecule has 6 heteroatoms. The highest BCUT2D eigenvalue weighted by Crippen LogP contribution is 2.32. The molecule has 0 atom stereocenters. The molecular weight excluding hydrogens is 460 g/mol. The van der Waals surface area contributed by atoms with Crippen molar-refractivity contribution in [3.63, 3.8) is 0 Å². The van der Waals surface area contributed by atoms with Crippen LogP contribution in [0.4, 0.5) is 8.78 Å². The molecule has 36 heavy (non-hydrogen) atoms. The van der Waals surface area contributed by atoms with E-state index in [1.165, 1.54) is 19.1 Å². The van der Waals surface area contributed by atoms with Crippen LogP contribution in [-0.4, -0.2) is 32.1 Å². The maximum Gasteiger partial charge on any atom is 0.128 e. The highest BCUT2D eigenvalue weighted by atomic mass is 19.1. The van der Waals surface area contributed by atoms with Crippen molar-refractivity contribution in [2.24, 2.45) is 0 Å². The SMILES string of the molecule is CC=O.CNCCc1ccc(OC2CCC(OCc3ccccc3F)CC2)cc1-c1cccc(F)c1. The summed E-state index contributed by atoms with van der Waals surface area (Å²) in [5.74, 6) is 0.340. The molecule has 0 amide bonds. The van der Waals surface area contributed by atoms with Crippen LogP contribution in [0.3, 0.4) is 0 Å². The van der Waals surface area contributed by atoms with E-state index < -0.39 is 0 Å². The van der Waals surface area contributed by atoms with E-state index in [2.05, 4.69) is 11.4 Å². The Kier molecular flexibility index (Phi) is 11.0. The zero-order valence-electron chi connectivity index (χ0n) is 21.0. The molecule has 1 N–H and O–H groups in total. The molecule has 1 saturated carbocycles.